The van der Waals surface area contributed by atoms with Crippen LogP contribution in [0.5, 0.6) is 0 Å². The van der Waals surface area contributed by atoms with E-state index in [0.717, 1.165) is 12.1 Å². The summed E-state index contributed by atoms with van der Waals surface area (Å²) < 4.78 is 0. The molecule has 0 spiro atoms. The minimum Gasteiger partial charge on any atom is -0.780 e. The molecule has 5 nitrogen and oxygen atoms in total. The molecule has 0 aromatic heterocycles. The highest BCUT2D eigenvalue weighted by molar-refractivity contribution is 7.58. The smallest absolute Gasteiger partial charge is 0.342 e. The molecule has 68 valence electrons. The number of carboxylic acid groups (broad SMARTS) is 1. The van der Waals surface area contributed by atoms with E-state index < -0.39 is 16.6 Å². The Balaban J connectivity index is 3.35. The zero-order chi connectivity index (χ0) is 10.0. The monoisotopic (exact) mass is 198 g/mol. The molecule has 0 saturated heterocycles. The second-order valence-electron chi connectivity index (χ2n) is 2.24. The summed E-state index contributed by atoms with van der Waals surface area (Å²) in [5.74, 6) is -1.35. The predicted octanol–water partition coefficient (Wildman–Crippen LogP) is 1.20. The lowest BCUT2D eigenvalue weighted by Gasteiger charge is -2.05. The standard InChI is InChI=1S/C7H5NO4S/c9-7(10)5-3-4(13)1-2-6(5)8(11)12/h1-3,13H,(H,9,10)/p-1. The van der Waals surface area contributed by atoms with Crippen LogP contribution in [0.25, 0.3) is 0 Å². The van der Waals surface area contributed by atoms with Crippen LogP contribution in [0.4, 0.5) is 5.69 Å². The number of carbonyl (C=O) groups is 1. The predicted molar refractivity (Wildman–Crippen MR) is 45.7 cm³/mol. The molecule has 0 aliphatic heterocycles. The minimum atomic E-state index is -1.35. The third-order valence-electron chi connectivity index (χ3n) is 1.40. The van der Waals surface area contributed by atoms with E-state index in [2.05, 4.69) is 12.6 Å². The average Bonchev–Trinajstić information content (AvgIpc) is 2.03. The molecule has 1 aromatic rings. The highest BCUT2D eigenvalue weighted by atomic mass is 32.1. The summed E-state index contributed by atoms with van der Waals surface area (Å²) in [4.78, 5) is 20.4. The number of nitro benzene ring substituents is 1. The quantitative estimate of drug-likeness (QED) is 0.438. The van der Waals surface area contributed by atoms with Gasteiger partial charge in [0, 0.05) is 6.07 Å². The van der Waals surface area contributed by atoms with E-state index in [1.54, 1.807) is 0 Å². The first-order chi connectivity index (χ1) is 6.02. The van der Waals surface area contributed by atoms with E-state index in [0.29, 0.717) is 0 Å². The molecule has 6 heteroatoms. The van der Waals surface area contributed by atoms with E-state index in [9.17, 15) is 14.9 Å². The van der Waals surface area contributed by atoms with Crippen LogP contribution in [0.2, 0.25) is 0 Å². The van der Waals surface area contributed by atoms with Gasteiger partial charge in [-0.1, -0.05) is 12.1 Å². The van der Waals surface area contributed by atoms with Crippen molar-refractivity contribution in [2.24, 2.45) is 0 Å². The van der Waals surface area contributed by atoms with Crippen LogP contribution >= 0.6 is 0 Å². The first kappa shape index (κ1) is 9.40. The molecule has 13 heavy (non-hydrogen) atoms. The fourth-order valence-corrected chi connectivity index (χ4v) is 1.03. The summed E-state index contributed by atoms with van der Waals surface area (Å²) in [6, 6.07) is 3.50. The largest absolute Gasteiger partial charge is 0.780 e. The number of carboxylic acids is 1. The van der Waals surface area contributed by atoms with Crippen LogP contribution in [-0.2, 0) is 12.6 Å². The summed E-state index contributed by atoms with van der Waals surface area (Å²) in [5, 5.41) is 18.9. The van der Waals surface area contributed by atoms with Crippen molar-refractivity contribution in [3.8, 4) is 0 Å². The van der Waals surface area contributed by atoms with Crippen LogP contribution < -0.4 is 0 Å². The lowest BCUT2D eigenvalue weighted by Crippen LogP contribution is -2.02. The molecule has 0 saturated carbocycles. The molecule has 0 aliphatic rings. The Kier molecular flexibility index (Phi) is 2.43. The lowest BCUT2D eigenvalue weighted by atomic mass is 10.2. The molecule has 0 amide bonds. The van der Waals surface area contributed by atoms with Gasteiger partial charge in [-0.05, 0) is 0 Å². The van der Waals surface area contributed by atoms with Crippen molar-refractivity contribution in [3.05, 3.63) is 33.9 Å². The number of hydrogen-bond donors (Lipinski definition) is 1. The van der Waals surface area contributed by atoms with Gasteiger partial charge in [0.05, 0.1) is 4.92 Å². The van der Waals surface area contributed by atoms with Gasteiger partial charge in [0.25, 0.3) is 5.69 Å². The molecule has 1 aromatic carbocycles. The second kappa shape index (κ2) is 3.36. The van der Waals surface area contributed by atoms with Gasteiger partial charge in [-0.2, -0.15) is 4.90 Å². The first-order valence-electron chi connectivity index (χ1n) is 3.21. The van der Waals surface area contributed by atoms with Crippen molar-refractivity contribution in [3.63, 3.8) is 0 Å². The zero-order valence-electron chi connectivity index (χ0n) is 6.26. The van der Waals surface area contributed by atoms with Crippen LogP contribution in [0.3, 0.4) is 0 Å². The van der Waals surface area contributed by atoms with Crippen LogP contribution in [0.15, 0.2) is 23.1 Å². The molecule has 0 fully saturated rings. The molecule has 0 aliphatic carbocycles. The van der Waals surface area contributed by atoms with Crippen molar-refractivity contribution in [2.75, 3.05) is 0 Å². The van der Waals surface area contributed by atoms with Crippen LogP contribution in [-0.4, -0.2) is 16.0 Å². The molecule has 0 atom stereocenters. The van der Waals surface area contributed by atoms with Crippen molar-refractivity contribution in [1.82, 2.24) is 0 Å². The Morgan fingerprint density at radius 1 is 1.54 bits per heavy atom. The number of nitro groups is 1. The van der Waals surface area contributed by atoms with Gasteiger partial charge in [0.1, 0.15) is 5.56 Å². The number of hydrogen-bond acceptors (Lipinski definition) is 4. The molecule has 1 N–H and O–H groups in total. The molecule has 0 radical (unpaired) electrons. The Bertz CT molecular complexity index is 377. The van der Waals surface area contributed by atoms with Crippen molar-refractivity contribution < 1.29 is 14.8 Å². The van der Waals surface area contributed by atoms with Gasteiger partial charge >= 0.3 is 5.97 Å². The van der Waals surface area contributed by atoms with Crippen molar-refractivity contribution >= 4 is 24.3 Å². The molecule has 0 bridgehead atoms. The van der Waals surface area contributed by atoms with Gasteiger partial charge in [-0.3, -0.25) is 10.1 Å². The number of benzene rings is 1. The van der Waals surface area contributed by atoms with E-state index in [4.69, 9.17) is 5.11 Å². The highest BCUT2D eigenvalue weighted by Gasteiger charge is 2.17. The number of rotatable bonds is 2. The SMILES string of the molecule is O=C(O)c1cc([S-])ccc1[N+](=O)[O-]. The molecular formula is C7H4NO4S-. The second-order valence-corrected chi connectivity index (χ2v) is 2.71. The summed E-state index contributed by atoms with van der Waals surface area (Å²) in [7, 11) is 0. The maximum absolute atomic E-state index is 10.5. The molecule has 0 heterocycles. The fourth-order valence-electron chi connectivity index (χ4n) is 0.846. The van der Waals surface area contributed by atoms with Crippen LogP contribution in [0.1, 0.15) is 10.4 Å². The molecule has 0 unspecified atom stereocenters. The molecule has 1 rings (SSSR count). The van der Waals surface area contributed by atoms with Gasteiger partial charge in [0.15, 0.2) is 0 Å². The van der Waals surface area contributed by atoms with Gasteiger partial charge in [-0.25, -0.2) is 4.79 Å². The maximum atomic E-state index is 10.5. The van der Waals surface area contributed by atoms with E-state index >= 15 is 0 Å². The lowest BCUT2D eigenvalue weighted by molar-refractivity contribution is -0.385. The number of aromatic carboxylic acids is 1. The van der Waals surface area contributed by atoms with Crippen LogP contribution in [0, 0.1) is 10.1 Å². The normalized spacial score (nSPS) is 9.54. The summed E-state index contributed by atoms with van der Waals surface area (Å²) in [6.07, 6.45) is 0. The summed E-state index contributed by atoms with van der Waals surface area (Å²) in [6.45, 7) is 0. The third-order valence-corrected chi connectivity index (χ3v) is 1.65. The fraction of sp³-hybridized carbons (Fsp3) is 0. The summed E-state index contributed by atoms with van der Waals surface area (Å²) in [5.41, 5.74) is -0.821. The number of nitrogens with zero attached hydrogens (tertiary/aromatic N) is 1. The Hall–Kier alpha value is -1.69. The zero-order valence-corrected chi connectivity index (χ0v) is 7.08. The van der Waals surface area contributed by atoms with Gasteiger partial charge in [0.2, 0.25) is 0 Å². The van der Waals surface area contributed by atoms with Crippen molar-refractivity contribution in [2.45, 2.75) is 4.90 Å². The van der Waals surface area contributed by atoms with E-state index in [1.165, 1.54) is 6.07 Å². The Morgan fingerprint density at radius 3 is 2.62 bits per heavy atom. The van der Waals surface area contributed by atoms with Gasteiger partial charge in [-0.15, -0.1) is 0 Å². The van der Waals surface area contributed by atoms with E-state index in [1.807, 2.05) is 0 Å². The average molecular weight is 198 g/mol. The van der Waals surface area contributed by atoms with E-state index in [-0.39, 0.29) is 10.5 Å². The topological polar surface area (TPSA) is 80.4 Å². The third kappa shape index (κ3) is 1.91. The highest BCUT2D eigenvalue weighted by Crippen LogP contribution is 2.19. The Labute approximate surface area is 78.6 Å². The van der Waals surface area contributed by atoms with Crippen molar-refractivity contribution in [1.29, 1.82) is 0 Å². The minimum absolute atomic E-state index is 0.267. The maximum Gasteiger partial charge on any atom is 0.342 e. The Morgan fingerprint density at radius 2 is 2.15 bits per heavy atom. The molecular weight excluding hydrogens is 194 g/mol. The van der Waals surface area contributed by atoms with Gasteiger partial charge < -0.3 is 17.7 Å². The first-order valence-corrected chi connectivity index (χ1v) is 3.62. The summed E-state index contributed by atoms with van der Waals surface area (Å²) >= 11 is 4.68.